The van der Waals surface area contributed by atoms with Crippen molar-refractivity contribution in [1.82, 2.24) is 5.32 Å². The van der Waals surface area contributed by atoms with Gasteiger partial charge in [-0.05, 0) is 20.9 Å². The van der Waals surface area contributed by atoms with Crippen molar-refractivity contribution in [3.8, 4) is 0 Å². The number of hydrogen-bond donors (Lipinski definition) is 1. The minimum Gasteiger partial charge on any atom is -0.462 e. The van der Waals surface area contributed by atoms with E-state index in [0.29, 0.717) is 0 Å². The van der Waals surface area contributed by atoms with Gasteiger partial charge in [0, 0.05) is 0 Å². The van der Waals surface area contributed by atoms with Gasteiger partial charge in [-0.15, -0.1) is 12.4 Å². The van der Waals surface area contributed by atoms with Crippen molar-refractivity contribution >= 4 is 18.4 Å². The summed E-state index contributed by atoms with van der Waals surface area (Å²) in [6.07, 6.45) is -0.00847. The third-order valence-electron chi connectivity index (χ3n) is 0.688. The molecule has 0 aromatic heterocycles. The molecule has 0 saturated heterocycles. The van der Waals surface area contributed by atoms with Gasteiger partial charge in [-0.3, -0.25) is 4.79 Å². The molecule has 0 aliphatic carbocycles. The summed E-state index contributed by atoms with van der Waals surface area (Å²) >= 11 is 0. The third kappa shape index (κ3) is 7.72. The van der Waals surface area contributed by atoms with E-state index in [2.05, 4.69) is 5.32 Å². The maximum Gasteiger partial charge on any atom is 0.320 e. The standard InChI is InChI=1S/C6H13NO2.ClH/c1-5(2)9-6(8)4-7-3;/h5,7H,4H2,1-3H3;1H. The lowest BCUT2D eigenvalue weighted by Crippen LogP contribution is -2.23. The molecule has 0 aliphatic heterocycles. The highest BCUT2D eigenvalue weighted by molar-refractivity contribution is 5.85. The fourth-order valence-corrected chi connectivity index (χ4v) is 0.449. The number of carbonyl (C=O) groups excluding carboxylic acids is 1. The summed E-state index contributed by atoms with van der Waals surface area (Å²) in [4.78, 5) is 10.6. The molecule has 0 amide bonds. The molecular formula is C6H14ClNO2. The molecule has 0 aromatic carbocycles. The van der Waals surface area contributed by atoms with E-state index in [9.17, 15) is 4.79 Å². The fraction of sp³-hybridized carbons (Fsp3) is 0.833. The second-order valence-corrected chi connectivity index (χ2v) is 2.07. The van der Waals surface area contributed by atoms with Crippen LogP contribution in [0, 0.1) is 0 Å². The first kappa shape index (κ1) is 12.4. The molecule has 0 aromatic rings. The summed E-state index contributed by atoms with van der Waals surface area (Å²) in [6.45, 7) is 3.94. The maximum absolute atomic E-state index is 10.6. The van der Waals surface area contributed by atoms with E-state index in [-0.39, 0.29) is 31.0 Å². The van der Waals surface area contributed by atoms with Crippen LogP contribution in [-0.4, -0.2) is 25.7 Å². The van der Waals surface area contributed by atoms with Crippen molar-refractivity contribution in [2.75, 3.05) is 13.6 Å². The molecule has 1 N–H and O–H groups in total. The summed E-state index contributed by atoms with van der Waals surface area (Å²) < 4.78 is 4.79. The van der Waals surface area contributed by atoms with E-state index < -0.39 is 0 Å². The van der Waals surface area contributed by atoms with Crippen molar-refractivity contribution in [3.63, 3.8) is 0 Å². The van der Waals surface area contributed by atoms with Gasteiger partial charge in [0.15, 0.2) is 0 Å². The number of halogens is 1. The van der Waals surface area contributed by atoms with E-state index >= 15 is 0 Å². The van der Waals surface area contributed by atoms with Gasteiger partial charge in [0.25, 0.3) is 0 Å². The van der Waals surface area contributed by atoms with Crippen LogP contribution in [0.1, 0.15) is 13.8 Å². The molecule has 0 aliphatic rings. The largest absolute Gasteiger partial charge is 0.462 e. The maximum atomic E-state index is 10.6. The first-order valence-corrected chi connectivity index (χ1v) is 3.01. The van der Waals surface area contributed by atoms with Crippen molar-refractivity contribution in [3.05, 3.63) is 0 Å². The number of hydrogen-bond acceptors (Lipinski definition) is 3. The van der Waals surface area contributed by atoms with Crippen LogP contribution in [-0.2, 0) is 9.53 Å². The SMILES string of the molecule is CNCC(=O)OC(C)C.Cl. The Morgan fingerprint density at radius 1 is 1.60 bits per heavy atom. The van der Waals surface area contributed by atoms with E-state index in [1.807, 2.05) is 13.8 Å². The van der Waals surface area contributed by atoms with Crippen LogP contribution in [0.3, 0.4) is 0 Å². The fourth-order valence-electron chi connectivity index (χ4n) is 0.449. The molecule has 0 fully saturated rings. The number of nitrogens with one attached hydrogen (secondary N) is 1. The minimum atomic E-state index is -0.201. The molecule has 0 heterocycles. The Balaban J connectivity index is 0. The summed E-state index contributed by atoms with van der Waals surface area (Å²) in [5.41, 5.74) is 0. The van der Waals surface area contributed by atoms with Crippen LogP contribution in [0.25, 0.3) is 0 Å². The second-order valence-electron chi connectivity index (χ2n) is 2.07. The van der Waals surface area contributed by atoms with Crippen LogP contribution < -0.4 is 5.32 Å². The van der Waals surface area contributed by atoms with Gasteiger partial charge in [0.1, 0.15) is 0 Å². The number of ether oxygens (including phenoxy) is 1. The smallest absolute Gasteiger partial charge is 0.320 e. The van der Waals surface area contributed by atoms with Crippen molar-refractivity contribution < 1.29 is 9.53 Å². The van der Waals surface area contributed by atoms with Crippen LogP contribution >= 0.6 is 12.4 Å². The van der Waals surface area contributed by atoms with Crippen LogP contribution in [0.15, 0.2) is 0 Å². The molecule has 4 heteroatoms. The van der Waals surface area contributed by atoms with Gasteiger partial charge in [-0.25, -0.2) is 0 Å². The van der Waals surface area contributed by atoms with Crippen LogP contribution in [0.5, 0.6) is 0 Å². The molecule has 0 saturated carbocycles. The number of rotatable bonds is 3. The molecule has 0 radical (unpaired) electrons. The Labute approximate surface area is 67.5 Å². The second kappa shape index (κ2) is 6.83. The van der Waals surface area contributed by atoms with Crippen LogP contribution in [0.4, 0.5) is 0 Å². The Hall–Kier alpha value is -0.280. The Kier molecular flexibility index (Phi) is 8.48. The number of esters is 1. The molecule has 0 atom stereocenters. The highest BCUT2D eigenvalue weighted by atomic mass is 35.5. The van der Waals surface area contributed by atoms with Gasteiger partial charge < -0.3 is 10.1 Å². The van der Waals surface area contributed by atoms with Gasteiger partial charge in [0.05, 0.1) is 12.6 Å². The highest BCUT2D eigenvalue weighted by Crippen LogP contribution is 1.86. The molecule has 10 heavy (non-hydrogen) atoms. The molecule has 0 spiro atoms. The van der Waals surface area contributed by atoms with Gasteiger partial charge in [-0.2, -0.15) is 0 Å². The van der Waals surface area contributed by atoms with Gasteiger partial charge in [-0.1, -0.05) is 0 Å². The normalized spacial score (nSPS) is 8.80. The zero-order valence-electron chi connectivity index (χ0n) is 6.51. The lowest BCUT2D eigenvalue weighted by molar-refractivity contribution is -0.146. The first-order chi connectivity index (χ1) is 4.16. The molecule has 0 bridgehead atoms. The van der Waals surface area contributed by atoms with E-state index in [4.69, 9.17) is 4.74 Å². The van der Waals surface area contributed by atoms with E-state index in [1.165, 1.54) is 0 Å². The third-order valence-corrected chi connectivity index (χ3v) is 0.688. The summed E-state index contributed by atoms with van der Waals surface area (Å²) in [6, 6.07) is 0. The summed E-state index contributed by atoms with van der Waals surface area (Å²) in [7, 11) is 1.71. The highest BCUT2D eigenvalue weighted by Gasteiger charge is 2.01. The average molecular weight is 168 g/mol. The number of likely N-dealkylation sites (N-methyl/N-ethyl adjacent to an activating group) is 1. The molecule has 0 rings (SSSR count). The number of carbonyl (C=O) groups is 1. The topological polar surface area (TPSA) is 38.3 Å². The van der Waals surface area contributed by atoms with Gasteiger partial charge >= 0.3 is 5.97 Å². The van der Waals surface area contributed by atoms with Crippen molar-refractivity contribution in [1.29, 1.82) is 0 Å². The summed E-state index contributed by atoms with van der Waals surface area (Å²) in [5.74, 6) is -0.201. The predicted molar refractivity (Wildman–Crippen MR) is 42.4 cm³/mol. The molecule has 62 valence electrons. The first-order valence-electron chi connectivity index (χ1n) is 3.01. The van der Waals surface area contributed by atoms with E-state index in [0.717, 1.165) is 0 Å². The van der Waals surface area contributed by atoms with Crippen molar-refractivity contribution in [2.24, 2.45) is 0 Å². The van der Waals surface area contributed by atoms with Crippen LogP contribution in [0.2, 0.25) is 0 Å². The Morgan fingerprint density at radius 2 is 2.10 bits per heavy atom. The quantitative estimate of drug-likeness (QED) is 0.625. The lowest BCUT2D eigenvalue weighted by atomic mass is 10.5. The minimum absolute atomic E-state index is 0. The molecule has 3 nitrogen and oxygen atoms in total. The average Bonchev–Trinajstić information content (AvgIpc) is 1.63. The Morgan fingerprint density at radius 3 is 2.40 bits per heavy atom. The zero-order chi connectivity index (χ0) is 7.28. The monoisotopic (exact) mass is 167 g/mol. The molecule has 0 unspecified atom stereocenters. The van der Waals surface area contributed by atoms with Gasteiger partial charge in [0.2, 0.25) is 0 Å². The van der Waals surface area contributed by atoms with E-state index in [1.54, 1.807) is 7.05 Å². The predicted octanol–water partition coefficient (Wildman–Crippen LogP) is 0.579. The molecular weight excluding hydrogens is 154 g/mol. The van der Waals surface area contributed by atoms with Crippen molar-refractivity contribution in [2.45, 2.75) is 20.0 Å². The lowest BCUT2D eigenvalue weighted by Gasteiger charge is -2.05. The zero-order valence-corrected chi connectivity index (χ0v) is 7.33. The summed E-state index contributed by atoms with van der Waals surface area (Å²) in [5, 5.41) is 2.70. The Bertz CT molecular complexity index is 95.7.